The first-order chi connectivity index (χ1) is 17.6. The second kappa shape index (κ2) is 10.9. The summed E-state index contributed by atoms with van der Waals surface area (Å²) in [5.41, 5.74) is 3.05. The molecule has 186 valence electrons. The molecule has 8 heteroatoms. The van der Waals surface area contributed by atoms with Crippen molar-refractivity contribution in [3.8, 4) is 11.1 Å². The van der Waals surface area contributed by atoms with Gasteiger partial charge < -0.3 is 15.5 Å². The highest BCUT2D eigenvalue weighted by molar-refractivity contribution is 7.21. The van der Waals surface area contributed by atoms with Crippen molar-refractivity contribution in [2.75, 3.05) is 19.4 Å². The number of amides is 1. The lowest BCUT2D eigenvalue weighted by Gasteiger charge is -2.37. The summed E-state index contributed by atoms with van der Waals surface area (Å²) < 4.78 is 1.04. The van der Waals surface area contributed by atoms with Crippen LogP contribution in [0.1, 0.15) is 40.9 Å². The molecule has 0 saturated heterocycles. The topological polar surface area (TPSA) is 70.2 Å². The van der Waals surface area contributed by atoms with Gasteiger partial charge in [-0.2, -0.15) is 0 Å². The minimum atomic E-state index is 0.0150. The molecule has 36 heavy (non-hydrogen) atoms. The molecule has 1 aliphatic carbocycles. The molecule has 0 spiro atoms. The molecule has 2 N–H and O–H groups in total. The first-order valence-electron chi connectivity index (χ1n) is 12.3. The predicted molar refractivity (Wildman–Crippen MR) is 149 cm³/mol. The summed E-state index contributed by atoms with van der Waals surface area (Å²) in [6.07, 6.45) is 7.69. The van der Waals surface area contributed by atoms with Crippen molar-refractivity contribution in [3.05, 3.63) is 76.4 Å². The van der Waals surface area contributed by atoms with Gasteiger partial charge in [0.2, 0.25) is 5.95 Å². The van der Waals surface area contributed by atoms with Crippen LogP contribution < -0.4 is 10.6 Å². The zero-order valence-electron chi connectivity index (χ0n) is 20.5. The number of anilines is 1. The summed E-state index contributed by atoms with van der Waals surface area (Å²) in [6.45, 7) is 0.529. The van der Waals surface area contributed by atoms with Gasteiger partial charge in [-0.1, -0.05) is 48.0 Å². The van der Waals surface area contributed by atoms with Crippen LogP contribution in [0.15, 0.2) is 60.9 Å². The van der Waals surface area contributed by atoms with E-state index < -0.39 is 0 Å². The summed E-state index contributed by atoms with van der Waals surface area (Å²) in [6, 6.07) is 16.9. The average molecular weight is 520 g/mol. The van der Waals surface area contributed by atoms with Gasteiger partial charge in [0.15, 0.2) is 0 Å². The first kappa shape index (κ1) is 24.7. The van der Waals surface area contributed by atoms with Crippen LogP contribution in [0, 0.1) is 0 Å². The Morgan fingerprint density at radius 1 is 1.03 bits per heavy atom. The van der Waals surface area contributed by atoms with Crippen LogP contribution in [0.5, 0.6) is 0 Å². The van der Waals surface area contributed by atoms with E-state index in [0.29, 0.717) is 28.4 Å². The third-order valence-corrected chi connectivity index (χ3v) is 8.69. The van der Waals surface area contributed by atoms with Gasteiger partial charge in [0.1, 0.15) is 4.88 Å². The predicted octanol–water partition coefficient (Wildman–Crippen LogP) is 6.23. The quantitative estimate of drug-likeness (QED) is 0.303. The van der Waals surface area contributed by atoms with Crippen LogP contribution in [-0.4, -0.2) is 47.0 Å². The van der Waals surface area contributed by atoms with Gasteiger partial charge in [0.05, 0.1) is 5.02 Å². The van der Waals surface area contributed by atoms with E-state index in [1.165, 1.54) is 11.3 Å². The molecule has 0 unspecified atom stereocenters. The van der Waals surface area contributed by atoms with Gasteiger partial charge >= 0.3 is 0 Å². The Labute approximate surface area is 220 Å². The lowest BCUT2D eigenvalue weighted by Crippen LogP contribution is -2.44. The molecule has 6 nitrogen and oxygen atoms in total. The highest BCUT2D eigenvalue weighted by Gasteiger charge is 2.31. The summed E-state index contributed by atoms with van der Waals surface area (Å²) in [4.78, 5) is 25.4. The smallest absolute Gasteiger partial charge is 0.266 e. The molecule has 0 bridgehead atoms. The number of halogens is 1. The van der Waals surface area contributed by atoms with E-state index in [-0.39, 0.29) is 11.9 Å². The second-order valence-electron chi connectivity index (χ2n) is 9.21. The van der Waals surface area contributed by atoms with Crippen LogP contribution in [0.3, 0.4) is 0 Å². The van der Waals surface area contributed by atoms with E-state index in [1.54, 1.807) is 7.05 Å². The van der Waals surface area contributed by atoms with E-state index in [9.17, 15) is 4.79 Å². The molecule has 1 aliphatic rings. The molecule has 0 radical (unpaired) electrons. The van der Waals surface area contributed by atoms with Crippen LogP contribution in [0.4, 0.5) is 5.95 Å². The molecule has 1 amide bonds. The molecule has 2 aromatic carbocycles. The number of hydrogen-bond donors (Lipinski definition) is 2. The molecule has 4 aromatic rings. The van der Waals surface area contributed by atoms with E-state index in [0.717, 1.165) is 52.5 Å². The number of rotatable bonds is 7. The third kappa shape index (κ3) is 5.09. The van der Waals surface area contributed by atoms with E-state index in [4.69, 9.17) is 11.6 Å². The van der Waals surface area contributed by atoms with Crippen LogP contribution >= 0.6 is 22.9 Å². The Balaban J connectivity index is 1.46. The third-order valence-electron chi connectivity index (χ3n) is 7.02. The fourth-order valence-corrected chi connectivity index (χ4v) is 6.45. The van der Waals surface area contributed by atoms with Crippen LogP contribution in [0.25, 0.3) is 21.2 Å². The SMILES string of the molecule is CNc1ncc(-c2cccc(CN(C(=O)c3sc4ccccc4c3Cl)C3CCC(NC)CC3)c2)cn1. The maximum Gasteiger partial charge on any atom is 0.266 e. The number of thiophene rings is 1. The van der Waals surface area contributed by atoms with Crippen molar-refractivity contribution < 1.29 is 4.79 Å². The van der Waals surface area contributed by atoms with Crippen molar-refractivity contribution in [3.63, 3.8) is 0 Å². The normalized spacial score (nSPS) is 17.8. The Hall–Kier alpha value is -3.00. The maximum atomic E-state index is 14.0. The van der Waals surface area contributed by atoms with Gasteiger partial charge in [-0.05, 0) is 56.0 Å². The number of fused-ring (bicyclic) bond motifs is 1. The minimum absolute atomic E-state index is 0.0150. The number of aromatic nitrogens is 2. The van der Waals surface area contributed by atoms with Gasteiger partial charge in [-0.3, -0.25) is 4.79 Å². The van der Waals surface area contributed by atoms with Crippen LogP contribution in [0.2, 0.25) is 5.02 Å². The van der Waals surface area contributed by atoms with Crippen molar-refractivity contribution >= 4 is 44.9 Å². The Morgan fingerprint density at radius 3 is 2.47 bits per heavy atom. The van der Waals surface area contributed by atoms with Crippen molar-refractivity contribution in [2.24, 2.45) is 0 Å². The first-order valence-corrected chi connectivity index (χ1v) is 13.5. The molecule has 1 saturated carbocycles. The fraction of sp³-hybridized carbons (Fsp3) is 0.321. The summed E-state index contributed by atoms with van der Waals surface area (Å²) >= 11 is 8.23. The Bertz CT molecular complexity index is 1350. The summed E-state index contributed by atoms with van der Waals surface area (Å²) in [7, 11) is 3.82. The van der Waals surface area contributed by atoms with E-state index in [1.807, 2.05) is 60.7 Å². The van der Waals surface area contributed by atoms with Crippen molar-refractivity contribution in [1.29, 1.82) is 0 Å². The standard InChI is InChI=1S/C28H30ClN5OS/c1-30-21-10-12-22(13-11-21)34(27(35)26-25(29)23-8-3-4-9-24(23)36-26)17-18-6-5-7-19(14-18)20-15-32-28(31-2)33-16-20/h3-9,14-16,21-22,30H,10-13,17H2,1-2H3,(H,31,32,33). The number of hydrogen-bond acceptors (Lipinski definition) is 6. The van der Waals surface area contributed by atoms with E-state index in [2.05, 4.69) is 32.7 Å². The van der Waals surface area contributed by atoms with Gasteiger partial charge in [0, 0.05) is 53.7 Å². The molecular formula is C28H30ClN5OS. The monoisotopic (exact) mass is 519 g/mol. The zero-order chi connectivity index (χ0) is 25.1. The average Bonchev–Trinajstić information content (AvgIpc) is 3.28. The number of benzene rings is 2. The number of nitrogens with one attached hydrogen (secondary N) is 2. The largest absolute Gasteiger partial charge is 0.357 e. The van der Waals surface area contributed by atoms with Gasteiger partial charge in [0.25, 0.3) is 5.91 Å². The highest BCUT2D eigenvalue weighted by atomic mass is 35.5. The summed E-state index contributed by atoms with van der Waals surface area (Å²) in [5.74, 6) is 0.602. The zero-order valence-corrected chi connectivity index (χ0v) is 22.1. The highest BCUT2D eigenvalue weighted by Crippen LogP contribution is 2.37. The fourth-order valence-electron chi connectivity index (χ4n) is 4.98. The van der Waals surface area contributed by atoms with Crippen molar-refractivity contribution in [1.82, 2.24) is 20.2 Å². The lowest BCUT2D eigenvalue weighted by molar-refractivity contribution is 0.0606. The molecule has 2 heterocycles. The minimum Gasteiger partial charge on any atom is -0.357 e. The Morgan fingerprint density at radius 2 is 1.78 bits per heavy atom. The van der Waals surface area contributed by atoms with Crippen LogP contribution in [-0.2, 0) is 6.54 Å². The maximum absolute atomic E-state index is 14.0. The van der Waals surface area contributed by atoms with Gasteiger partial charge in [-0.15, -0.1) is 11.3 Å². The number of nitrogens with zero attached hydrogens (tertiary/aromatic N) is 3. The molecule has 2 aromatic heterocycles. The number of carbonyl (C=O) groups excluding carboxylic acids is 1. The Kier molecular flexibility index (Phi) is 7.51. The molecule has 0 atom stereocenters. The van der Waals surface area contributed by atoms with Crippen molar-refractivity contribution in [2.45, 2.75) is 44.3 Å². The summed E-state index contributed by atoms with van der Waals surface area (Å²) in [5, 5.41) is 7.85. The molecule has 1 fully saturated rings. The second-order valence-corrected chi connectivity index (χ2v) is 10.6. The molecule has 0 aliphatic heterocycles. The number of carbonyl (C=O) groups is 1. The molecule has 5 rings (SSSR count). The lowest BCUT2D eigenvalue weighted by atomic mass is 9.89. The van der Waals surface area contributed by atoms with E-state index >= 15 is 0 Å². The van der Waals surface area contributed by atoms with Gasteiger partial charge in [-0.25, -0.2) is 9.97 Å². The molecular weight excluding hydrogens is 490 g/mol.